The Morgan fingerprint density at radius 1 is 1.12 bits per heavy atom. The molecule has 0 spiro atoms. The average molecular weight is 363 g/mol. The van der Waals surface area contributed by atoms with Gasteiger partial charge in [0.1, 0.15) is 6.33 Å². The first-order chi connectivity index (χ1) is 11.6. The maximum absolute atomic E-state index is 12.0. The van der Waals surface area contributed by atoms with Crippen LogP contribution in [0, 0.1) is 0 Å². The van der Waals surface area contributed by atoms with E-state index in [-0.39, 0.29) is 12.5 Å². The van der Waals surface area contributed by atoms with Crippen molar-refractivity contribution in [3.05, 3.63) is 58.8 Å². The minimum atomic E-state index is -0.233. The number of anilines is 2. The van der Waals surface area contributed by atoms with Crippen molar-refractivity contribution in [3.8, 4) is 5.69 Å². The zero-order chi connectivity index (χ0) is 16.9. The van der Waals surface area contributed by atoms with Crippen LogP contribution < -0.4 is 10.6 Å². The summed E-state index contributed by atoms with van der Waals surface area (Å²) in [7, 11) is 0. The van der Waals surface area contributed by atoms with Crippen LogP contribution in [-0.4, -0.2) is 32.7 Å². The third kappa shape index (κ3) is 4.01. The number of rotatable bonds is 5. The van der Waals surface area contributed by atoms with Crippen molar-refractivity contribution in [1.82, 2.24) is 20.2 Å². The van der Waals surface area contributed by atoms with Gasteiger partial charge in [-0.05, 0) is 52.9 Å². The highest BCUT2D eigenvalue weighted by Gasteiger charge is 2.07. The Hall–Kier alpha value is -2.64. The molecule has 1 heterocycles. The van der Waals surface area contributed by atoms with Crippen LogP contribution in [0.4, 0.5) is 11.4 Å². The van der Waals surface area contributed by atoms with Crippen molar-refractivity contribution in [1.29, 1.82) is 0 Å². The number of benzene rings is 2. The molecule has 3 rings (SSSR count). The fraction of sp³-hybridized carbons (Fsp3) is 0.0667. The summed E-state index contributed by atoms with van der Waals surface area (Å²) in [5.41, 5.74) is 2.09. The SMILES string of the molecule is O=C(CNc1ccc(-n2cnnn2)cc1)Nc1cc(Cl)ccc1Cl. The van der Waals surface area contributed by atoms with E-state index in [1.807, 2.05) is 24.3 Å². The maximum atomic E-state index is 12.0. The first kappa shape index (κ1) is 16.2. The molecule has 7 nitrogen and oxygen atoms in total. The minimum absolute atomic E-state index is 0.0903. The second kappa shape index (κ2) is 7.29. The molecule has 122 valence electrons. The molecule has 2 N–H and O–H groups in total. The first-order valence-electron chi connectivity index (χ1n) is 6.94. The molecule has 0 fully saturated rings. The molecule has 0 radical (unpaired) electrons. The molecule has 0 aliphatic heterocycles. The highest BCUT2D eigenvalue weighted by atomic mass is 35.5. The Morgan fingerprint density at radius 2 is 1.92 bits per heavy atom. The Morgan fingerprint density at radius 3 is 2.62 bits per heavy atom. The molecule has 0 bridgehead atoms. The van der Waals surface area contributed by atoms with Crippen LogP contribution in [0.15, 0.2) is 48.8 Å². The average Bonchev–Trinajstić information content (AvgIpc) is 3.11. The van der Waals surface area contributed by atoms with E-state index in [1.54, 1.807) is 18.2 Å². The van der Waals surface area contributed by atoms with Gasteiger partial charge in [0.15, 0.2) is 0 Å². The molecule has 0 atom stereocenters. The fourth-order valence-electron chi connectivity index (χ4n) is 1.98. The van der Waals surface area contributed by atoms with Gasteiger partial charge in [-0.1, -0.05) is 23.2 Å². The summed E-state index contributed by atoms with van der Waals surface area (Å²) in [6.45, 7) is 0.0903. The van der Waals surface area contributed by atoms with E-state index in [4.69, 9.17) is 23.2 Å². The van der Waals surface area contributed by atoms with Crippen molar-refractivity contribution in [2.75, 3.05) is 17.2 Å². The monoisotopic (exact) mass is 362 g/mol. The summed E-state index contributed by atoms with van der Waals surface area (Å²) in [5.74, 6) is -0.233. The van der Waals surface area contributed by atoms with E-state index >= 15 is 0 Å². The lowest BCUT2D eigenvalue weighted by atomic mass is 10.3. The third-order valence-corrected chi connectivity index (χ3v) is 3.70. The molecule has 3 aromatic rings. The molecule has 0 unspecified atom stereocenters. The van der Waals surface area contributed by atoms with Gasteiger partial charge in [-0.2, -0.15) is 0 Å². The lowest BCUT2D eigenvalue weighted by Gasteiger charge is -2.10. The number of hydrogen-bond donors (Lipinski definition) is 2. The van der Waals surface area contributed by atoms with Gasteiger partial charge in [-0.15, -0.1) is 5.10 Å². The number of carbonyl (C=O) groups is 1. The molecule has 0 aliphatic carbocycles. The van der Waals surface area contributed by atoms with Crippen LogP contribution in [0.1, 0.15) is 0 Å². The van der Waals surface area contributed by atoms with Crippen LogP contribution in [-0.2, 0) is 4.79 Å². The van der Waals surface area contributed by atoms with Crippen LogP contribution >= 0.6 is 23.2 Å². The summed E-state index contributed by atoms with van der Waals surface area (Å²) in [5, 5.41) is 17.6. The van der Waals surface area contributed by atoms with Gasteiger partial charge >= 0.3 is 0 Å². The summed E-state index contributed by atoms with van der Waals surface area (Å²) in [6.07, 6.45) is 1.50. The molecule has 9 heteroatoms. The highest BCUT2D eigenvalue weighted by Crippen LogP contribution is 2.25. The van der Waals surface area contributed by atoms with Crippen molar-refractivity contribution >= 4 is 40.5 Å². The number of nitrogens with one attached hydrogen (secondary N) is 2. The van der Waals surface area contributed by atoms with Gasteiger partial charge in [-0.25, -0.2) is 4.68 Å². The van der Waals surface area contributed by atoms with E-state index in [9.17, 15) is 4.79 Å². The number of carbonyl (C=O) groups excluding carboxylic acids is 1. The van der Waals surface area contributed by atoms with Gasteiger partial charge in [0.05, 0.1) is 22.9 Å². The van der Waals surface area contributed by atoms with Crippen molar-refractivity contribution < 1.29 is 4.79 Å². The van der Waals surface area contributed by atoms with Crippen LogP contribution in [0.25, 0.3) is 5.69 Å². The zero-order valence-corrected chi connectivity index (χ0v) is 13.8. The summed E-state index contributed by atoms with van der Waals surface area (Å²) in [4.78, 5) is 12.0. The lowest BCUT2D eigenvalue weighted by molar-refractivity contribution is -0.114. The smallest absolute Gasteiger partial charge is 0.243 e. The molecule has 0 saturated carbocycles. The van der Waals surface area contributed by atoms with Gasteiger partial charge < -0.3 is 10.6 Å². The summed E-state index contributed by atoms with van der Waals surface area (Å²) < 4.78 is 1.54. The number of hydrogen-bond acceptors (Lipinski definition) is 5. The first-order valence-corrected chi connectivity index (χ1v) is 7.69. The van der Waals surface area contributed by atoms with Crippen LogP contribution in [0.5, 0.6) is 0 Å². The molecule has 0 aliphatic rings. The van der Waals surface area contributed by atoms with E-state index in [1.165, 1.54) is 11.0 Å². The van der Waals surface area contributed by atoms with Gasteiger partial charge in [0, 0.05) is 10.7 Å². The lowest BCUT2D eigenvalue weighted by Crippen LogP contribution is -2.21. The highest BCUT2D eigenvalue weighted by molar-refractivity contribution is 6.35. The van der Waals surface area contributed by atoms with E-state index in [0.717, 1.165) is 11.4 Å². The van der Waals surface area contributed by atoms with E-state index in [2.05, 4.69) is 26.2 Å². The number of aromatic nitrogens is 4. The fourth-order valence-corrected chi connectivity index (χ4v) is 2.32. The van der Waals surface area contributed by atoms with Crippen molar-refractivity contribution in [2.45, 2.75) is 0 Å². The standard InChI is InChI=1S/C15H12Cl2N6O/c16-10-1-6-13(17)14(7-10)20-15(24)8-18-11-2-4-12(5-3-11)23-9-19-21-22-23/h1-7,9,18H,8H2,(H,20,24). The third-order valence-electron chi connectivity index (χ3n) is 3.14. The predicted molar refractivity (Wildman–Crippen MR) is 92.7 cm³/mol. The van der Waals surface area contributed by atoms with Gasteiger partial charge in [0.25, 0.3) is 0 Å². The molecule has 1 aromatic heterocycles. The molecular weight excluding hydrogens is 351 g/mol. The van der Waals surface area contributed by atoms with Crippen molar-refractivity contribution in [2.24, 2.45) is 0 Å². The minimum Gasteiger partial charge on any atom is -0.376 e. The second-order valence-electron chi connectivity index (χ2n) is 4.83. The zero-order valence-electron chi connectivity index (χ0n) is 12.3. The molecular formula is C15H12Cl2N6O. The van der Waals surface area contributed by atoms with Gasteiger partial charge in [0.2, 0.25) is 5.91 Å². The summed E-state index contributed by atoms with van der Waals surface area (Å²) in [6, 6.07) is 12.2. The number of nitrogens with zero attached hydrogens (tertiary/aromatic N) is 4. The molecule has 24 heavy (non-hydrogen) atoms. The van der Waals surface area contributed by atoms with Crippen molar-refractivity contribution in [3.63, 3.8) is 0 Å². The Balaban J connectivity index is 1.57. The Labute approximate surface area is 147 Å². The topological polar surface area (TPSA) is 84.7 Å². The second-order valence-corrected chi connectivity index (χ2v) is 5.67. The molecule has 1 amide bonds. The number of amides is 1. The molecule has 2 aromatic carbocycles. The van der Waals surface area contributed by atoms with E-state index < -0.39 is 0 Å². The van der Waals surface area contributed by atoms with Crippen LogP contribution in [0.2, 0.25) is 10.0 Å². The van der Waals surface area contributed by atoms with E-state index in [0.29, 0.717) is 15.7 Å². The normalized spacial score (nSPS) is 10.4. The number of tetrazole rings is 1. The molecule has 0 saturated heterocycles. The Bertz CT molecular complexity index is 836. The van der Waals surface area contributed by atoms with Gasteiger partial charge in [-0.3, -0.25) is 4.79 Å². The predicted octanol–water partition coefficient (Wildman–Crippen LogP) is 3.02. The number of halogens is 2. The quantitative estimate of drug-likeness (QED) is 0.728. The summed E-state index contributed by atoms with van der Waals surface area (Å²) >= 11 is 11.9. The Kier molecular flexibility index (Phi) is 4.93. The largest absolute Gasteiger partial charge is 0.376 e. The maximum Gasteiger partial charge on any atom is 0.243 e. The van der Waals surface area contributed by atoms with Crippen LogP contribution in [0.3, 0.4) is 0 Å².